The van der Waals surface area contributed by atoms with Gasteiger partial charge >= 0.3 is 5.76 Å². The summed E-state index contributed by atoms with van der Waals surface area (Å²) in [4.78, 5) is 20.1. The van der Waals surface area contributed by atoms with Gasteiger partial charge in [0.15, 0.2) is 11.2 Å². The molecular formula is C11H15N3O2. The molecule has 0 unspecified atom stereocenters. The van der Waals surface area contributed by atoms with Crippen molar-refractivity contribution in [2.24, 2.45) is 0 Å². The SMILES string of the molecule is CC(C)c1ncc2oc(=O)n(C(C)C)c2n1. The molecule has 0 aliphatic carbocycles. The van der Waals surface area contributed by atoms with Crippen molar-refractivity contribution in [1.82, 2.24) is 14.5 Å². The van der Waals surface area contributed by atoms with Crippen molar-refractivity contribution in [3.63, 3.8) is 0 Å². The van der Waals surface area contributed by atoms with Crippen molar-refractivity contribution in [1.29, 1.82) is 0 Å². The molecule has 0 saturated heterocycles. The summed E-state index contributed by atoms with van der Waals surface area (Å²) in [5.41, 5.74) is 1.03. The van der Waals surface area contributed by atoms with Gasteiger partial charge in [-0.3, -0.25) is 4.57 Å². The van der Waals surface area contributed by atoms with E-state index < -0.39 is 0 Å². The van der Waals surface area contributed by atoms with Crippen LogP contribution >= 0.6 is 0 Å². The Kier molecular flexibility index (Phi) is 2.53. The normalized spacial score (nSPS) is 11.9. The van der Waals surface area contributed by atoms with Gasteiger partial charge in [0.25, 0.3) is 0 Å². The van der Waals surface area contributed by atoms with Gasteiger partial charge in [-0.15, -0.1) is 0 Å². The van der Waals surface area contributed by atoms with Crippen molar-refractivity contribution in [3.8, 4) is 0 Å². The van der Waals surface area contributed by atoms with Crippen LogP contribution in [0.5, 0.6) is 0 Å². The zero-order valence-corrected chi connectivity index (χ0v) is 9.89. The minimum Gasteiger partial charge on any atom is -0.404 e. The summed E-state index contributed by atoms with van der Waals surface area (Å²) in [5.74, 6) is 0.581. The monoisotopic (exact) mass is 221 g/mol. The van der Waals surface area contributed by atoms with Crippen LogP contribution in [0.25, 0.3) is 11.2 Å². The molecule has 86 valence electrons. The molecular weight excluding hydrogens is 206 g/mol. The lowest BCUT2D eigenvalue weighted by atomic mass is 10.2. The molecule has 0 radical (unpaired) electrons. The fraction of sp³-hybridized carbons (Fsp3) is 0.545. The summed E-state index contributed by atoms with van der Waals surface area (Å²) < 4.78 is 6.62. The molecule has 2 rings (SSSR count). The minimum atomic E-state index is -0.375. The summed E-state index contributed by atoms with van der Waals surface area (Å²) >= 11 is 0. The molecule has 0 aliphatic heterocycles. The average molecular weight is 221 g/mol. The Morgan fingerprint density at radius 1 is 1.31 bits per heavy atom. The predicted octanol–water partition coefficient (Wildman–Crippen LogP) is 2.09. The Morgan fingerprint density at radius 2 is 2.00 bits per heavy atom. The molecule has 0 bridgehead atoms. The van der Waals surface area contributed by atoms with E-state index >= 15 is 0 Å². The highest BCUT2D eigenvalue weighted by Gasteiger charge is 2.15. The molecule has 2 heterocycles. The van der Waals surface area contributed by atoms with Crippen LogP contribution in [-0.4, -0.2) is 14.5 Å². The lowest BCUT2D eigenvalue weighted by Gasteiger charge is -2.06. The van der Waals surface area contributed by atoms with Gasteiger partial charge in [-0.25, -0.2) is 14.8 Å². The van der Waals surface area contributed by atoms with Crippen molar-refractivity contribution < 1.29 is 4.42 Å². The maximum absolute atomic E-state index is 11.6. The van der Waals surface area contributed by atoms with Crippen molar-refractivity contribution in [2.75, 3.05) is 0 Å². The van der Waals surface area contributed by atoms with Crippen molar-refractivity contribution >= 4 is 11.2 Å². The Hall–Kier alpha value is -1.65. The number of aromatic nitrogens is 3. The highest BCUT2D eigenvalue weighted by molar-refractivity contribution is 5.66. The fourth-order valence-corrected chi connectivity index (χ4v) is 1.58. The van der Waals surface area contributed by atoms with Crippen LogP contribution in [0.15, 0.2) is 15.4 Å². The number of oxazole rings is 1. The van der Waals surface area contributed by atoms with Gasteiger partial charge < -0.3 is 4.42 Å². The van der Waals surface area contributed by atoms with E-state index in [1.54, 1.807) is 10.8 Å². The summed E-state index contributed by atoms with van der Waals surface area (Å²) in [5, 5.41) is 0. The van der Waals surface area contributed by atoms with Gasteiger partial charge in [-0.05, 0) is 13.8 Å². The molecule has 0 aliphatic rings. The first-order valence-corrected chi connectivity index (χ1v) is 5.38. The molecule has 0 aromatic carbocycles. The van der Waals surface area contributed by atoms with Gasteiger partial charge in [-0.1, -0.05) is 13.8 Å². The Bertz CT molecular complexity index is 566. The number of nitrogens with zero attached hydrogens (tertiary/aromatic N) is 3. The van der Waals surface area contributed by atoms with Crippen LogP contribution in [-0.2, 0) is 0 Å². The third kappa shape index (κ3) is 1.62. The van der Waals surface area contributed by atoms with E-state index in [0.29, 0.717) is 11.2 Å². The second-order valence-electron chi connectivity index (χ2n) is 4.40. The minimum absolute atomic E-state index is 0.0312. The van der Waals surface area contributed by atoms with Crippen molar-refractivity contribution in [2.45, 2.75) is 39.7 Å². The molecule has 5 heteroatoms. The molecule has 0 atom stereocenters. The molecule has 16 heavy (non-hydrogen) atoms. The molecule has 0 N–H and O–H groups in total. The summed E-state index contributed by atoms with van der Waals surface area (Å²) in [6.07, 6.45) is 1.57. The van der Waals surface area contributed by atoms with Crippen LogP contribution in [0.1, 0.15) is 45.5 Å². The number of rotatable bonds is 2. The van der Waals surface area contributed by atoms with E-state index in [1.807, 2.05) is 27.7 Å². The van der Waals surface area contributed by atoms with E-state index in [0.717, 1.165) is 5.82 Å². The van der Waals surface area contributed by atoms with Crippen molar-refractivity contribution in [3.05, 3.63) is 22.6 Å². The first-order chi connectivity index (χ1) is 7.50. The highest BCUT2D eigenvalue weighted by Crippen LogP contribution is 2.16. The quantitative estimate of drug-likeness (QED) is 0.779. The smallest absolute Gasteiger partial charge is 0.404 e. The van der Waals surface area contributed by atoms with Crippen LogP contribution in [0.3, 0.4) is 0 Å². The largest absolute Gasteiger partial charge is 0.421 e. The standard InChI is InChI=1S/C11H15N3O2/c1-6(2)9-12-5-8-10(13-9)14(7(3)4)11(15)16-8/h5-7H,1-4H3. The van der Waals surface area contributed by atoms with Crippen LogP contribution in [0.4, 0.5) is 0 Å². The topological polar surface area (TPSA) is 60.9 Å². The average Bonchev–Trinajstić information content (AvgIpc) is 2.51. The Labute approximate surface area is 93.1 Å². The molecule has 2 aromatic heterocycles. The van der Waals surface area contributed by atoms with E-state index in [-0.39, 0.29) is 17.7 Å². The van der Waals surface area contributed by atoms with Gasteiger partial charge in [0.05, 0.1) is 6.20 Å². The number of hydrogen-bond acceptors (Lipinski definition) is 4. The van der Waals surface area contributed by atoms with Crippen LogP contribution < -0.4 is 5.76 Å². The number of hydrogen-bond donors (Lipinski definition) is 0. The molecule has 0 amide bonds. The van der Waals surface area contributed by atoms with E-state index in [4.69, 9.17) is 4.42 Å². The maximum Gasteiger partial charge on any atom is 0.421 e. The van der Waals surface area contributed by atoms with Gasteiger partial charge in [0.2, 0.25) is 0 Å². The van der Waals surface area contributed by atoms with Crippen LogP contribution in [0.2, 0.25) is 0 Å². The van der Waals surface area contributed by atoms with Crippen LogP contribution in [0, 0.1) is 0 Å². The summed E-state index contributed by atoms with van der Waals surface area (Å²) in [6.45, 7) is 7.87. The van der Waals surface area contributed by atoms with E-state index in [2.05, 4.69) is 9.97 Å². The second kappa shape index (κ2) is 3.73. The zero-order chi connectivity index (χ0) is 11.9. The molecule has 0 spiro atoms. The van der Waals surface area contributed by atoms with E-state index in [1.165, 1.54) is 0 Å². The number of fused-ring (bicyclic) bond motifs is 1. The molecule has 0 fully saturated rings. The predicted molar refractivity (Wildman–Crippen MR) is 60.5 cm³/mol. The summed E-state index contributed by atoms with van der Waals surface area (Å²) in [6, 6.07) is 0.0312. The van der Waals surface area contributed by atoms with Gasteiger partial charge in [0.1, 0.15) is 5.82 Å². The Balaban J connectivity index is 2.75. The lowest BCUT2D eigenvalue weighted by Crippen LogP contribution is -2.17. The first-order valence-electron chi connectivity index (χ1n) is 5.38. The lowest BCUT2D eigenvalue weighted by molar-refractivity contribution is 0.477. The zero-order valence-electron chi connectivity index (χ0n) is 9.89. The van der Waals surface area contributed by atoms with Gasteiger partial charge in [0, 0.05) is 12.0 Å². The fourth-order valence-electron chi connectivity index (χ4n) is 1.58. The molecule has 5 nitrogen and oxygen atoms in total. The first kappa shape index (κ1) is 10.9. The maximum atomic E-state index is 11.6. The van der Waals surface area contributed by atoms with Gasteiger partial charge in [-0.2, -0.15) is 0 Å². The second-order valence-corrected chi connectivity index (χ2v) is 4.40. The Morgan fingerprint density at radius 3 is 2.56 bits per heavy atom. The molecule has 2 aromatic rings. The third-order valence-corrected chi connectivity index (χ3v) is 2.41. The highest BCUT2D eigenvalue weighted by atomic mass is 16.4. The third-order valence-electron chi connectivity index (χ3n) is 2.41. The van der Waals surface area contributed by atoms with E-state index in [9.17, 15) is 4.79 Å². The summed E-state index contributed by atoms with van der Waals surface area (Å²) in [7, 11) is 0. The molecule has 0 saturated carbocycles.